The third-order valence-corrected chi connectivity index (χ3v) is 5.97. The molecule has 7 heteroatoms. The Balaban J connectivity index is 2.17. The Morgan fingerprint density at radius 3 is 2.50 bits per heavy atom. The molecule has 0 saturated carbocycles. The Hall–Kier alpha value is -1.79. The van der Waals surface area contributed by atoms with Gasteiger partial charge in [0.25, 0.3) is 0 Å². The fourth-order valence-electron chi connectivity index (χ4n) is 3.98. The molecule has 1 aromatic heterocycles. The van der Waals surface area contributed by atoms with Crippen LogP contribution in [0.25, 0.3) is 11.0 Å². The molecule has 0 fully saturated rings. The number of hydrogen-bond acceptors (Lipinski definition) is 4. The van der Waals surface area contributed by atoms with Crippen LogP contribution in [0.1, 0.15) is 43.7 Å². The first kappa shape index (κ1) is 22.9. The van der Waals surface area contributed by atoms with E-state index in [1.54, 1.807) is 0 Å². The number of aliphatic hydroxyl groups is 1. The summed E-state index contributed by atoms with van der Waals surface area (Å²) in [5.74, 6) is 1.08. The quantitative estimate of drug-likeness (QED) is 0.418. The van der Waals surface area contributed by atoms with E-state index in [1.807, 2.05) is 42.9 Å². The number of aliphatic hydroxyl groups excluding tert-OH is 1. The highest BCUT2D eigenvalue weighted by Gasteiger charge is 2.21. The van der Waals surface area contributed by atoms with Crippen LogP contribution in [0, 0.1) is 0 Å². The molecule has 30 heavy (non-hydrogen) atoms. The summed E-state index contributed by atoms with van der Waals surface area (Å²) in [5, 5.41) is 14.6. The van der Waals surface area contributed by atoms with Crippen molar-refractivity contribution in [3.8, 4) is 0 Å². The smallest absolute Gasteiger partial charge is 0.208 e. The third-order valence-electron chi connectivity index (χ3n) is 5.43. The Labute approximate surface area is 188 Å². The number of nitrogens with zero attached hydrogens (tertiary/aromatic N) is 3. The first-order chi connectivity index (χ1) is 14.4. The van der Waals surface area contributed by atoms with Crippen LogP contribution in [-0.2, 0) is 13.1 Å². The maximum atomic E-state index is 9.78. The van der Waals surface area contributed by atoms with E-state index < -0.39 is 0 Å². The summed E-state index contributed by atoms with van der Waals surface area (Å²) in [6, 6.07) is 9.82. The molecule has 2 N–H and O–H groups in total. The molecular formula is C23H30Cl2N4O. The molecule has 5 nitrogen and oxygen atoms in total. The van der Waals surface area contributed by atoms with Crippen molar-refractivity contribution in [2.45, 2.75) is 45.7 Å². The SMILES string of the molecule is CCC(CC)c1ccc(Cl)c2nc(Nc3ccc(Cl)cc3CN(C)C)n(CCO)c12. The molecule has 0 aliphatic rings. The molecule has 0 amide bonds. The summed E-state index contributed by atoms with van der Waals surface area (Å²) >= 11 is 12.8. The molecule has 0 aliphatic heterocycles. The highest BCUT2D eigenvalue weighted by atomic mass is 35.5. The van der Waals surface area contributed by atoms with Crippen molar-refractivity contribution in [3.05, 3.63) is 51.5 Å². The molecule has 2 aromatic carbocycles. The highest BCUT2D eigenvalue weighted by Crippen LogP contribution is 2.36. The number of hydrogen-bond donors (Lipinski definition) is 2. The van der Waals surface area contributed by atoms with E-state index in [0.717, 1.165) is 41.7 Å². The fourth-order valence-corrected chi connectivity index (χ4v) is 4.37. The van der Waals surface area contributed by atoms with Crippen LogP contribution in [0.2, 0.25) is 10.0 Å². The van der Waals surface area contributed by atoms with Gasteiger partial charge in [0.2, 0.25) is 5.95 Å². The molecule has 0 saturated heterocycles. The zero-order chi connectivity index (χ0) is 21.8. The van der Waals surface area contributed by atoms with Crippen molar-refractivity contribution in [2.24, 2.45) is 0 Å². The molecule has 0 aliphatic carbocycles. The van der Waals surface area contributed by atoms with Crippen molar-refractivity contribution >= 4 is 45.9 Å². The van der Waals surface area contributed by atoms with Gasteiger partial charge in [-0.1, -0.05) is 43.1 Å². The van der Waals surface area contributed by atoms with Gasteiger partial charge in [-0.3, -0.25) is 0 Å². The molecular weight excluding hydrogens is 419 g/mol. The fraction of sp³-hybridized carbons (Fsp3) is 0.435. The van der Waals surface area contributed by atoms with Gasteiger partial charge in [0.15, 0.2) is 0 Å². The first-order valence-electron chi connectivity index (χ1n) is 10.4. The number of fused-ring (bicyclic) bond motifs is 1. The van der Waals surface area contributed by atoms with Gasteiger partial charge in [0.1, 0.15) is 5.52 Å². The molecule has 0 bridgehead atoms. The van der Waals surface area contributed by atoms with E-state index in [0.29, 0.717) is 28.5 Å². The number of halogens is 2. The average Bonchev–Trinajstić information content (AvgIpc) is 3.05. The van der Waals surface area contributed by atoms with E-state index in [2.05, 4.69) is 30.1 Å². The molecule has 1 heterocycles. The number of nitrogens with one attached hydrogen (secondary N) is 1. The molecule has 162 valence electrons. The normalized spacial score (nSPS) is 11.8. The summed E-state index contributed by atoms with van der Waals surface area (Å²) in [4.78, 5) is 6.94. The lowest BCUT2D eigenvalue weighted by Gasteiger charge is -2.18. The van der Waals surface area contributed by atoms with E-state index in [9.17, 15) is 5.11 Å². The van der Waals surface area contributed by atoms with Crippen molar-refractivity contribution in [3.63, 3.8) is 0 Å². The van der Waals surface area contributed by atoms with Crippen LogP contribution < -0.4 is 5.32 Å². The third kappa shape index (κ3) is 4.75. The molecule has 0 radical (unpaired) electrons. The van der Waals surface area contributed by atoms with Gasteiger partial charge in [-0.25, -0.2) is 4.98 Å². The molecule has 0 unspecified atom stereocenters. The minimum atomic E-state index is 0.0141. The zero-order valence-corrected chi connectivity index (χ0v) is 19.6. The van der Waals surface area contributed by atoms with Crippen LogP contribution in [0.15, 0.2) is 30.3 Å². The van der Waals surface area contributed by atoms with E-state index in [1.165, 1.54) is 5.56 Å². The van der Waals surface area contributed by atoms with Gasteiger partial charge in [-0.15, -0.1) is 0 Å². The maximum Gasteiger partial charge on any atom is 0.208 e. The molecule has 0 spiro atoms. The lowest BCUT2D eigenvalue weighted by molar-refractivity contribution is 0.278. The van der Waals surface area contributed by atoms with E-state index in [4.69, 9.17) is 28.2 Å². The number of aromatic nitrogens is 2. The van der Waals surface area contributed by atoms with Crippen molar-refractivity contribution in [1.82, 2.24) is 14.5 Å². The van der Waals surface area contributed by atoms with Crippen LogP contribution in [0.3, 0.4) is 0 Å². The predicted octanol–water partition coefficient (Wildman–Crippen LogP) is 6.04. The first-order valence-corrected chi connectivity index (χ1v) is 11.1. The van der Waals surface area contributed by atoms with E-state index >= 15 is 0 Å². The standard InChI is InChI=1S/C23H30Cl2N4O/c1-5-15(6-2)18-8-9-19(25)21-22(18)29(11-12-30)23(27-21)26-20-10-7-17(24)13-16(20)14-28(3)4/h7-10,13,15,30H,5-6,11-12,14H2,1-4H3,(H,26,27). The Morgan fingerprint density at radius 2 is 1.87 bits per heavy atom. The number of rotatable bonds is 9. The van der Waals surface area contributed by atoms with Crippen molar-refractivity contribution in [1.29, 1.82) is 0 Å². The van der Waals surface area contributed by atoms with Gasteiger partial charge in [-0.05, 0) is 68.2 Å². The summed E-state index contributed by atoms with van der Waals surface area (Å²) in [7, 11) is 4.04. The number of benzene rings is 2. The Morgan fingerprint density at radius 1 is 1.13 bits per heavy atom. The van der Waals surface area contributed by atoms with Crippen LogP contribution in [0.5, 0.6) is 0 Å². The van der Waals surface area contributed by atoms with E-state index in [-0.39, 0.29) is 6.61 Å². The van der Waals surface area contributed by atoms with Crippen molar-refractivity contribution in [2.75, 3.05) is 26.0 Å². The van der Waals surface area contributed by atoms with Crippen LogP contribution >= 0.6 is 23.2 Å². The van der Waals surface area contributed by atoms with Gasteiger partial charge in [0.05, 0.1) is 17.1 Å². The molecule has 0 atom stereocenters. The summed E-state index contributed by atoms with van der Waals surface area (Å²) < 4.78 is 2.04. The molecule has 3 rings (SSSR count). The minimum Gasteiger partial charge on any atom is -0.395 e. The van der Waals surface area contributed by atoms with Crippen molar-refractivity contribution < 1.29 is 5.11 Å². The zero-order valence-electron chi connectivity index (χ0n) is 18.0. The van der Waals surface area contributed by atoms with Gasteiger partial charge >= 0.3 is 0 Å². The summed E-state index contributed by atoms with van der Waals surface area (Å²) in [5.41, 5.74) is 4.98. The second-order valence-electron chi connectivity index (χ2n) is 7.82. The maximum absolute atomic E-state index is 9.78. The second kappa shape index (κ2) is 10.0. The van der Waals surface area contributed by atoms with Gasteiger partial charge in [0, 0.05) is 23.8 Å². The lowest BCUT2D eigenvalue weighted by Crippen LogP contribution is -2.13. The lowest BCUT2D eigenvalue weighted by atomic mass is 9.93. The summed E-state index contributed by atoms with van der Waals surface area (Å²) in [6.07, 6.45) is 2.06. The van der Waals surface area contributed by atoms with Gasteiger partial charge < -0.3 is 19.9 Å². The minimum absolute atomic E-state index is 0.0141. The average molecular weight is 449 g/mol. The van der Waals surface area contributed by atoms with Gasteiger partial charge in [-0.2, -0.15) is 0 Å². The predicted molar refractivity (Wildman–Crippen MR) is 127 cm³/mol. The Bertz CT molecular complexity index is 1010. The molecule has 3 aromatic rings. The largest absolute Gasteiger partial charge is 0.395 e. The monoisotopic (exact) mass is 448 g/mol. The summed E-state index contributed by atoms with van der Waals surface area (Å²) in [6.45, 7) is 5.58. The highest BCUT2D eigenvalue weighted by molar-refractivity contribution is 6.35. The second-order valence-corrected chi connectivity index (χ2v) is 8.67. The Kier molecular flexibility index (Phi) is 7.64. The number of imidazole rings is 1. The van der Waals surface area contributed by atoms with Crippen LogP contribution in [0.4, 0.5) is 11.6 Å². The number of anilines is 2. The van der Waals surface area contributed by atoms with Crippen LogP contribution in [-0.4, -0.2) is 40.3 Å². The topological polar surface area (TPSA) is 53.3 Å².